The Hall–Kier alpha value is -2.57. The van der Waals surface area contributed by atoms with Gasteiger partial charge in [0, 0.05) is 41.8 Å². The Labute approximate surface area is 190 Å². The van der Waals surface area contributed by atoms with Crippen molar-refractivity contribution in [2.75, 3.05) is 31.1 Å². The van der Waals surface area contributed by atoms with Crippen molar-refractivity contribution in [3.05, 3.63) is 82.3 Å². The van der Waals surface area contributed by atoms with Crippen molar-refractivity contribution in [2.24, 2.45) is 0 Å². The average Bonchev–Trinajstić information content (AvgIpc) is 3.24. The zero-order chi connectivity index (χ0) is 22.0. The summed E-state index contributed by atoms with van der Waals surface area (Å²) in [6.07, 6.45) is 0. The van der Waals surface area contributed by atoms with E-state index in [-0.39, 0.29) is 11.7 Å². The summed E-state index contributed by atoms with van der Waals surface area (Å²) in [5.41, 5.74) is 3.79. The molecule has 0 N–H and O–H groups in total. The second kappa shape index (κ2) is 9.28. The van der Waals surface area contributed by atoms with E-state index in [1.165, 1.54) is 16.8 Å². The minimum atomic E-state index is -1.29. The molecule has 0 radical (unpaired) electrons. The Balaban J connectivity index is 1.37. The van der Waals surface area contributed by atoms with E-state index in [9.17, 15) is 9.00 Å². The summed E-state index contributed by atoms with van der Waals surface area (Å²) in [5.74, 6) is 0.892. The quantitative estimate of drug-likeness (QED) is 0.552. The lowest BCUT2D eigenvalue weighted by Gasteiger charge is -2.36. The molecular formula is C24H25ClN2O3S. The number of piperazine rings is 1. The van der Waals surface area contributed by atoms with E-state index in [0.717, 1.165) is 13.1 Å². The van der Waals surface area contributed by atoms with Crippen molar-refractivity contribution in [1.82, 2.24) is 4.90 Å². The smallest absolute Gasteiger partial charge is 0.289 e. The molecular weight excluding hydrogens is 432 g/mol. The number of amides is 1. The Morgan fingerprint density at radius 1 is 1.03 bits per heavy atom. The molecule has 2 aromatic carbocycles. The summed E-state index contributed by atoms with van der Waals surface area (Å²) in [7, 11) is -1.29. The van der Waals surface area contributed by atoms with Gasteiger partial charge in [-0.25, -0.2) is 0 Å². The lowest BCUT2D eigenvalue weighted by Crippen LogP contribution is -2.49. The highest BCUT2D eigenvalue weighted by Crippen LogP contribution is 2.25. The maximum absolute atomic E-state index is 12.9. The molecule has 7 heteroatoms. The number of anilines is 1. The van der Waals surface area contributed by atoms with Crippen LogP contribution in [-0.4, -0.2) is 41.2 Å². The largest absolute Gasteiger partial charge is 0.455 e. The van der Waals surface area contributed by atoms with Crippen molar-refractivity contribution in [2.45, 2.75) is 24.5 Å². The third-order valence-electron chi connectivity index (χ3n) is 5.69. The van der Waals surface area contributed by atoms with Gasteiger partial charge in [-0.3, -0.25) is 9.00 Å². The highest BCUT2D eigenvalue weighted by molar-refractivity contribution is 7.84. The van der Waals surface area contributed by atoms with Gasteiger partial charge < -0.3 is 14.2 Å². The molecule has 2 heterocycles. The van der Waals surface area contributed by atoms with Crippen molar-refractivity contribution in [1.29, 1.82) is 0 Å². The summed E-state index contributed by atoms with van der Waals surface area (Å²) in [5, 5.41) is 0.543. The summed E-state index contributed by atoms with van der Waals surface area (Å²) in [4.78, 5) is 17.7. The van der Waals surface area contributed by atoms with Crippen molar-refractivity contribution in [3.8, 4) is 0 Å². The summed E-state index contributed by atoms with van der Waals surface area (Å²) in [6, 6.07) is 16.7. The third kappa shape index (κ3) is 4.86. The number of benzene rings is 2. The number of halogens is 1. The molecule has 0 spiro atoms. The van der Waals surface area contributed by atoms with E-state index >= 15 is 0 Å². The van der Waals surface area contributed by atoms with Crippen LogP contribution < -0.4 is 4.90 Å². The molecule has 3 aromatic rings. The molecule has 162 valence electrons. The first-order valence-electron chi connectivity index (χ1n) is 10.3. The molecule has 1 saturated heterocycles. The number of rotatable bonds is 5. The molecule has 1 aliphatic rings. The lowest BCUT2D eigenvalue weighted by atomic mass is 10.1. The fourth-order valence-corrected chi connectivity index (χ4v) is 5.10. The first-order chi connectivity index (χ1) is 14.9. The van der Waals surface area contributed by atoms with E-state index in [2.05, 4.69) is 36.9 Å². The molecule has 0 aliphatic carbocycles. The third-order valence-corrected chi connectivity index (χ3v) is 7.25. The van der Waals surface area contributed by atoms with Gasteiger partial charge in [-0.2, -0.15) is 0 Å². The van der Waals surface area contributed by atoms with Crippen LogP contribution in [0.3, 0.4) is 0 Å². The Bertz CT molecular complexity index is 1120. The van der Waals surface area contributed by atoms with Crippen LogP contribution in [0, 0.1) is 13.8 Å². The summed E-state index contributed by atoms with van der Waals surface area (Å²) >= 11 is 5.98. The second-order valence-corrected chi connectivity index (χ2v) is 9.60. The summed E-state index contributed by atoms with van der Waals surface area (Å²) < 4.78 is 18.3. The average molecular weight is 457 g/mol. The lowest BCUT2D eigenvalue weighted by molar-refractivity contribution is 0.0713. The first kappa shape index (κ1) is 21.7. The molecule has 1 aliphatic heterocycles. The molecule has 0 unspecified atom stereocenters. The Kier molecular flexibility index (Phi) is 6.49. The highest BCUT2D eigenvalue weighted by Gasteiger charge is 2.25. The van der Waals surface area contributed by atoms with Crippen LogP contribution in [0.4, 0.5) is 5.69 Å². The minimum absolute atomic E-state index is 0.125. The van der Waals surface area contributed by atoms with Gasteiger partial charge in [-0.15, -0.1) is 0 Å². The van der Waals surface area contributed by atoms with E-state index in [1.54, 1.807) is 36.4 Å². The van der Waals surface area contributed by atoms with Crippen LogP contribution in [0.1, 0.15) is 27.4 Å². The second-order valence-electron chi connectivity index (χ2n) is 7.71. The molecule has 0 bridgehead atoms. The Morgan fingerprint density at radius 3 is 2.52 bits per heavy atom. The maximum Gasteiger partial charge on any atom is 0.289 e. The Morgan fingerprint density at radius 2 is 1.77 bits per heavy atom. The van der Waals surface area contributed by atoms with Crippen molar-refractivity contribution < 1.29 is 13.4 Å². The van der Waals surface area contributed by atoms with Crippen LogP contribution in [0.25, 0.3) is 0 Å². The molecule has 1 amide bonds. The standard InChI is InChI=1S/C24H25ClN2O3S/c1-17-5-3-8-22(18(17)2)26-11-13-27(14-12-26)24(28)23-10-9-20(30-23)16-31(29)21-7-4-6-19(25)15-21/h3-10,15H,11-14,16H2,1-2H3/t31-/m1/s1. The molecule has 0 saturated carbocycles. The molecule has 1 atom stereocenters. The van der Waals surface area contributed by atoms with Gasteiger partial charge in [0.1, 0.15) is 5.76 Å². The molecule has 1 fully saturated rings. The van der Waals surface area contributed by atoms with Gasteiger partial charge in [-0.1, -0.05) is 29.8 Å². The van der Waals surface area contributed by atoms with Crippen LogP contribution in [-0.2, 0) is 16.6 Å². The summed E-state index contributed by atoms with van der Waals surface area (Å²) in [6.45, 7) is 7.09. The SMILES string of the molecule is Cc1cccc(N2CCN(C(=O)c3ccc(C[S@@](=O)c4cccc(Cl)c4)o3)CC2)c1C. The predicted octanol–water partition coefficient (Wildman–Crippen LogP) is 4.82. The maximum atomic E-state index is 12.9. The first-order valence-corrected chi connectivity index (χ1v) is 11.9. The van der Waals surface area contributed by atoms with Crippen LogP contribution >= 0.6 is 11.6 Å². The van der Waals surface area contributed by atoms with Crippen molar-refractivity contribution in [3.63, 3.8) is 0 Å². The van der Waals surface area contributed by atoms with Gasteiger partial charge in [-0.05, 0) is 61.4 Å². The molecule has 31 heavy (non-hydrogen) atoms. The minimum Gasteiger partial charge on any atom is -0.455 e. The van der Waals surface area contributed by atoms with Crippen LogP contribution in [0.15, 0.2) is 63.9 Å². The molecule has 4 rings (SSSR count). The highest BCUT2D eigenvalue weighted by atomic mass is 35.5. The fourth-order valence-electron chi connectivity index (χ4n) is 3.78. The van der Waals surface area contributed by atoms with E-state index < -0.39 is 10.8 Å². The number of hydrogen-bond donors (Lipinski definition) is 0. The number of carbonyl (C=O) groups is 1. The predicted molar refractivity (Wildman–Crippen MR) is 124 cm³/mol. The number of hydrogen-bond acceptors (Lipinski definition) is 4. The monoisotopic (exact) mass is 456 g/mol. The number of furan rings is 1. The van der Waals surface area contributed by atoms with Crippen molar-refractivity contribution >= 4 is 34.0 Å². The number of aryl methyl sites for hydroxylation is 1. The fraction of sp³-hybridized carbons (Fsp3) is 0.292. The van der Waals surface area contributed by atoms with E-state index in [4.69, 9.17) is 16.0 Å². The molecule has 5 nitrogen and oxygen atoms in total. The van der Waals surface area contributed by atoms with Gasteiger partial charge in [0.15, 0.2) is 5.76 Å². The van der Waals surface area contributed by atoms with Gasteiger partial charge in [0.05, 0.1) is 16.6 Å². The van der Waals surface area contributed by atoms with Crippen LogP contribution in [0.2, 0.25) is 5.02 Å². The number of nitrogens with zero attached hydrogens (tertiary/aromatic N) is 2. The van der Waals surface area contributed by atoms with E-state index in [0.29, 0.717) is 34.5 Å². The van der Waals surface area contributed by atoms with E-state index in [1.807, 2.05) is 4.90 Å². The topological polar surface area (TPSA) is 53.8 Å². The van der Waals surface area contributed by atoms with Gasteiger partial charge >= 0.3 is 0 Å². The zero-order valence-corrected chi connectivity index (χ0v) is 19.2. The molecule has 1 aromatic heterocycles. The number of carbonyl (C=O) groups excluding carboxylic acids is 1. The van der Waals surface area contributed by atoms with Crippen LogP contribution in [0.5, 0.6) is 0 Å². The van der Waals surface area contributed by atoms with Gasteiger partial charge in [0.2, 0.25) is 0 Å². The van der Waals surface area contributed by atoms with Gasteiger partial charge in [0.25, 0.3) is 5.91 Å². The normalized spacial score (nSPS) is 15.2. The zero-order valence-electron chi connectivity index (χ0n) is 17.6.